The van der Waals surface area contributed by atoms with E-state index in [0.29, 0.717) is 0 Å². The highest BCUT2D eigenvalue weighted by molar-refractivity contribution is 7.50. The van der Waals surface area contributed by atoms with Crippen molar-refractivity contribution in [2.75, 3.05) is 13.7 Å². The number of aromatic amines is 1. The first kappa shape index (κ1) is 22.4. The topological polar surface area (TPSA) is 189 Å². The number of esters is 1. The van der Waals surface area contributed by atoms with Gasteiger partial charge in [-0.1, -0.05) is 0 Å². The molecule has 2 rings (SSSR count). The third kappa shape index (κ3) is 4.94. The number of carbonyl (C=O) groups excluding carboxylic acids is 1. The van der Waals surface area contributed by atoms with Crippen LogP contribution in [0.2, 0.25) is 0 Å². The smallest absolute Gasteiger partial charge is 0.403 e. The first-order chi connectivity index (χ1) is 13.0. The van der Waals surface area contributed by atoms with E-state index in [1.54, 1.807) is 0 Å². The van der Waals surface area contributed by atoms with Crippen molar-refractivity contribution < 1.29 is 38.5 Å². The molecule has 28 heavy (non-hydrogen) atoms. The quantitative estimate of drug-likeness (QED) is 0.235. The Balaban J connectivity index is 2.08. The Kier molecular flexibility index (Phi) is 6.93. The van der Waals surface area contributed by atoms with Gasteiger partial charge in [-0.2, -0.15) is 0 Å². The summed E-state index contributed by atoms with van der Waals surface area (Å²) in [7, 11) is -3.36. The molecule has 6 atom stereocenters. The van der Waals surface area contributed by atoms with Crippen LogP contribution in [0.1, 0.15) is 18.7 Å². The lowest BCUT2D eigenvalue weighted by Gasteiger charge is -2.20. The molecule has 0 aliphatic carbocycles. The normalized spacial score (nSPS) is 27.9. The number of aliphatic hydroxyl groups is 2. The second-order valence-corrected chi connectivity index (χ2v) is 7.77. The van der Waals surface area contributed by atoms with Crippen LogP contribution in [-0.4, -0.2) is 68.7 Å². The van der Waals surface area contributed by atoms with Crippen LogP contribution in [0.4, 0.5) is 0 Å². The minimum absolute atomic E-state index is 0.172. The monoisotopic (exact) mass is 423 g/mol. The third-order valence-electron chi connectivity index (χ3n) is 4.08. The Hall–Kier alpha value is -1.86. The average Bonchev–Trinajstić information content (AvgIpc) is 2.90. The highest BCUT2D eigenvalue weighted by Gasteiger charge is 2.45. The summed E-state index contributed by atoms with van der Waals surface area (Å²) in [6.45, 7) is 2.08. The Morgan fingerprint density at radius 3 is 2.68 bits per heavy atom. The highest BCUT2D eigenvalue weighted by atomic mass is 31.2. The molecule has 0 amide bonds. The summed E-state index contributed by atoms with van der Waals surface area (Å²) in [6.07, 6.45) is -4.60. The fourth-order valence-electron chi connectivity index (χ4n) is 2.56. The standard InChI is InChI=1S/C14H22N3O10P/c1-6-4-17(14(22)15-11(6)20)12-10(19)9(18)8(27-12)5-26-28(23,24)16-7(2)13(21)25-3/h4,7-10,12,18-19H,5H2,1-3H3,(H,15,20,22)(H2,16,23,24)/t7-,8+,9+,10+,12+/m0/s1. The van der Waals surface area contributed by atoms with Crippen LogP contribution in [0.3, 0.4) is 0 Å². The van der Waals surface area contributed by atoms with Crippen molar-refractivity contribution in [3.05, 3.63) is 32.6 Å². The van der Waals surface area contributed by atoms with Crippen molar-refractivity contribution in [2.24, 2.45) is 0 Å². The predicted octanol–water partition coefficient (Wildman–Crippen LogP) is -2.27. The van der Waals surface area contributed by atoms with Crippen LogP contribution in [0.15, 0.2) is 15.8 Å². The van der Waals surface area contributed by atoms with Gasteiger partial charge in [0.1, 0.15) is 24.4 Å². The summed E-state index contributed by atoms with van der Waals surface area (Å²) >= 11 is 0. The molecular weight excluding hydrogens is 401 g/mol. The SMILES string of the molecule is COC(=O)[C@H](C)NP(=O)(O)OC[C@H]1O[C@@H](n2cc(C)c(=O)[nH]c2=O)[C@H](O)[C@@H]1O. The molecule has 2 heterocycles. The summed E-state index contributed by atoms with van der Waals surface area (Å²) < 4.78 is 27.5. The molecule has 1 aromatic rings. The van der Waals surface area contributed by atoms with Crippen LogP contribution in [-0.2, 0) is 23.4 Å². The van der Waals surface area contributed by atoms with Gasteiger partial charge >= 0.3 is 19.4 Å². The van der Waals surface area contributed by atoms with Gasteiger partial charge in [-0.15, -0.1) is 0 Å². The molecule has 158 valence electrons. The average molecular weight is 423 g/mol. The van der Waals surface area contributed by atoms with Gasteiger partial charge < -0.3 is 24.6 Å². The first-order valence-corrected chi connectivity index (χ1v) is 9.71. The largest absolute Gasteiger partial charge is 0.468 e. The van der Waals surface area contributed by atoms with E-state index in [4.69, 9.17) is 9.26 Å². The van der Waals surface area contributed by atoms with Crippen LogP contribution in [0, 0.1) is 6.92 Å². The minimum Gasteiger partial charge on any atom is -0.468 e. The van der Waals surface area contributed by atoms with Gasteiger partial charge in [0.05, 0.1) is 13.7 Å². The van der Waals surface area contributed by atoms with E-state index < -0.39 is 62.2 Å². The Morgan fingerprint density at radius 2 is 2.07 bits per heavy atom. The number of methoxy groups -OCH3 is 1. The molecular formula is C14H22N3O10P. The molecule has 1 aromatic heterocycles. The number of hydrogen-bond donors (Lipinski definition) is 5. The van der Waals surface area contributed by atoms with Gasteiger partial charge in [0.2, 0.25) is 0 Å². The maximum Gasteiger partial charge on any atom is 0.403 e. The van der Waals surface area contributed by atoms with Crippen LogP contribution < -0.4 is 16.3 Å². The van der Waals surface area contributed by atoms with Gasteiger partial charge in [-0.05, 0) is 13.8 Å². The Morgan fingerprint density at radius 1 is 1.43 bits per heavy atom. The van der Waals surface area contributed by atoms with Gasteiger partial charge in [0.25, 0.3) is 5.56 Å². The van der Waals surface area contributed by atoms with E-state index in [1.165, 1.54) is 13.8 Å². The Labute approximate surface area is 158 Å². The predicted molar refractivity (Wildman–Crippen MR) is 92.4 cm³/mol. The zero-order valence-corrected chi connectivity index (χ0v) is 16.2. The number of hydrogen-bond acceptors (Lipinski definition) is 9. The van der Waals surface area contributed by atoms with Crippen molar-refractivity contribution >= 4 is 13.7 Å². The molecule has 1 fully saturated rings. The molecule has 0 saturated carbocycles. The fourth-order valence-corrected chi connectivity index (χ4v) is 3.58. The molecule has 5 N–H and O–H groups in total. The zero-order valence-electron chi connectivity index (χ0n) is 15.3. The molecule has 14 heteroatoms. The lowest BCUT2D eigenvalue weighted by atomic mass is 10.1. The van der Waals surface area contributed by atoms with E-state index in [1.807, 2.05) is 10.1 Å². The number of nitrogens with one attached hydrogen (secondary N) is 2. The van der Waals surface area contributed by atoms with Crippen LogP contribution in [0.5, 0.6) is 0 Å². The summed E-state index contributed by atoms with van der Waals surface area (Å²) in [5.74, 6) is -0.793. The second kappa shape index (κ2) is 8.66. The molecule has 0 spiro atoms. The lowest BCUT2D eigenvalue weighted by Crippen LogP contribution is -2.38. The van der Waals surface area contributed by atoms with E-state index in [0.717, 1.165) is 17.9 Å². The first-order valence-electron chi connectivity index (χ1n) is 8.13. The number of ether oxygens (including phenoxy) is 2. The molecule has 13 nitrogen and oxygen atoms in total. The number of nitrogens with zero attached hydrogens (tertiary/aromatic N) is 1. The molecule has 1 unspecified atom stereocenters. The van der Waals surface area contributed by atoms with Crippen molar-refractivity contribution in [3.63, 3.8) is 0 Å². The number of rotatable bonds is 7. The maximum atomic E-state index is 12.0. The molecule has 1 saturated heterocycles. The van der Waals surface area contributed by atoms with Crippen molar-refractivity contribution in [1.29, 1.82) is 0 Å². The molecule has 0 radical (unpaired) electrons. The fraction of sp³-hybridized carbons (Fsp3) is 0.643. The number of aliphatic hydroxyl groups excluding tert-OH is 2. The van der Waals surface area contributed by atoms with Gasteiger partial charge in [-0.3, -0.25) is 23.7 Å². The number of aryl methyl sites for hydroxylation is 1. The summed E-state index contributed by atoms with van der Waals surface area (Å²) in [5, 5.41) is 22.3. The van der Waals surface area contributed by atoms with E-state index >= 15 is 0 Å². The number of H-pyrrole nitrogens is 1. The summed E-state index contributed by atoms with van der Waals surface area (Å²) in [5.41, 5.74) is -1.30. The highest BCUT2D eigenvalue weighted by Crippen LogP contribution is 2.39. The Bertz CT molecular complexity index is 883. The molecule has 0 bridgehead atoms. The van der Waals surface area contributed by atoms with Gasteiger partial charge in [0.15, 0.2) is 6.23 Å². The molecule has 1 aliphatic rings. The second-order valence-electron chi connectivity index (χ2n) is 6.22. The minimum atomic E-state index is -4.47. The van der Waals surface area contributed by atoms with Crippen LogP contribution in [0.25, 0.3) is 0 Å². The van der Waals surface area contributed by atoms with E-state index in [9.17, 15) is 34.1 Å². The molecule has 0 aromatic carbocycles. The lowest BCUT2D eigenvalue weighted by molar-refractivity contribution is -0.142. The zero-order chi connectivity index (χ0) is 21.2. The van der Waals surface area contributed by atoms with Gasteiger partial charge in [0, 0.05) is 11.8 Å². The van der Waals surface area contributed by atoms with Crippen molar-refractivity contribution in [2.45, 2.75) is 44.4 Å². The molecule has 1 aliphatic heterocycles. The van der Waals surface area contributed by atoms with Crippen molar-refractivity contribution in [3.8, 4) is 0 Å². The van der Waals surface area contributed by atoms with E-state index in [2.05, 4.69) is 4.74 Å². The summed E-state index contributed by atoms with van der Waals surface area (Å²) in [6, 6.07) is -1.14. The summed E-state index contributed by atoms with van der Waals surface area (Å²) in [4.78, 5) is 46.5. The number of carbonyl (C=O) groups is 1. The van der Waals surface area contributed by atoms with Crippen molar-refractivity contribution in [1.82, 2.24) is 14.6 Å². The van der Waals surface area contributed by atoms with E-state index in [-0.39, 0.29) is 5.56 Å². The maximum absolute atomic E-state index is 12.0. The van der Waals surface area contributed by atoms with Crippen LogP contribution >= 0.6 is 7.75 Å². The third-order valence-corrected chi connectivity index (χ3v) is 5.30. The van der Waals surface area contributed by atoms with Gasteiger partial charge in [-0.25, -0.2) is 14.4 Å². The number of aromatic nitrogens is 2.